The highest BCUT2D eigenvalue weighted by atomic mass is 79.9. The number of nitrogens with one attached hydrogen (secondary N) is 1. The summed E-state index contributed by atoms with van der Waals surface area (Å²) in [7, 11) is 0. The highest BCUT2D eigenvalue weighted by Crippen LogP contribution is 2.15. The van der Waals surface area contributed by atoms with Gasteiger partial charge >= 0.3 is 5.97 Å². The lowest BCUT2D eigenvalue weighted by atomic mass is 10.1. The van der Waals surface area contributed by atoms with Crippen molar-refractivity contribution < 1.29 is 19.4 Å². The summed E-state index contributed by atoms with van der Waals surface area (Å²) < 4.78 is 6.13. The van der Waals surface area contributed by atoms with Gasteiger partial charge in [-0.1, -0.05) is 28.1 Å². The summed E-state index contributed by atoms with van der Waals surface area (Å²) in [5.41, 5.74) is 0.847. The predicted octanol–water partition coefficient (Wildman–Crippen LogP) is 1.74. The molecule has 1 aliphatic heterocycles. The smallest absolute Gasteiger partial charge is 0.326 e. The second kappa shape index (κ2) is 6.85. The van der Waals surface area contributed by atoms with Gasteiger partial charge in [0.1, 0.15) is 12.1 Å². The van der Waals surface area contributed by atoms with Gasteiger partial charge in [0.2, 0.25) is 5.91 Å². The first-order chi connectivity index (χ1) is 9.56. The molecule has 1 aromatic carbocycles. The number of hydrogen-bond donors (Lipinski definition) is 2. The van der Waals surface area contributed by atoms with Crippen LogP contribution in [0.5, 0.6) is 0 Å². The average Bonchev–Trinajstić information content (AvgIpc) is 2.91. The van der Waals surface area contributed by atoms with E-state index in [1.807, 2.05) is 24.3 Å². The van der Waals surface area contributed by atoms with E-state index in [0.717, 1.165) is 16.5 Å². The number of halogens is 1. The number of rotatable bonds is 5. The van der Waals surface area contributed by atoms with Gasteiger partial charge in [0, 0.05) is 17.5 Å². The van der Waals surface area contributed by atoms with Crippen LogP contribution in [0.25, 0.3) is 0 Å². The average molecular weight is 342 g/mol. The van der Waals surface area contributed by atoms with Crippen LogP contribution in [0.1, 0.15) is 18.4 Å². The number of carbonyl (C=O) groups excluding carboxylic acids is 1. The highest BCUT2D eigenvalue weighted by Gasteiger charge is 2.28. The van der Waals surface area contributed by atoms with Crippen molar-refractivity contribution in [3.8, 4) is 0 Å². The molecule has 0 aromatic heterocycles. The molecular weight excluding hydrogens is 326 g/mol. The van der Waals surface area contributed by atoms with Gasteiger partial charge in [0.15, 0.2) is 0 Å². The van der Waals surface area contributed by atoms with Crippen molar-refractivity contribution in [3.05, 3.63) is 34.3 Å². The molecule has 1 saturated heterocycles. The number of hydrogen-bond acceptors (Lipinski definition) is 3. The molecule has 1 aromatic rings. The van der Waals surface area contributed by atoms with Gasteiger partial charge in [0.25, 0.3) is 0 Å². The van der Waals surface area contributed by atoms with Gasteiger partial charge in [-0.3, -0.25) is 4.79 Å². The minimum absolute atomic E-state index is 0.243. The SMILES string of the molecule is O=C(O)[C@H](Cc1cccc(Br)c1)NC(=O)[C@H]1CCCO1. The van der Waals surface area contributed by atoms with E-state index in [0.29, 0.717) is 13.0 Å². The standard InChI is InChI=1S/C14H16BrNO4/c15-10-4-1-3-9(7-10)8-11(14(18)19)16-13(17)12-5-2-6-20-12/h1,3-4,7,11-12H,2,5-6,8H2,(H,16,17)(H,18,19)/t11-,12+/m0/s1. The third-order valence-corrected chi connectivity index (χ3v) is 3.66. The molecule has 0 aliphatic carbocycles. The number of carbonyl (C=O) groups is 2. The molecule has 1 heterocycles. The van der Waals surface area contributed by atoms with E-state index in [1.54, 1.807) is 0 Å². The van der Waals surface area contributed by atoms with Crippen LogP contribution in [0.2, 0.25) is 0 Å². The van der Waals surface area contributed by atoms with Crippen molar-refractivity contribution in [2.45, 2.75) is 31.4 Å². The van der Waals surface area contributed by atoms with E-state index in [2.05, 4.69) is 21.2 Å². The van der Waals surface area contributed by atoms with Crippen LogP contribution in [-0.4, -0.2) is 35.7 Å². The Morgan fingerprint density at radius 2 is 2.30 bits per heavy atom. The molecule has 0 radical (unpaired) electrons. The molecule has 2 atom stereocenters. The van der Waals surface area contributed by atoms with Crippen LogP contribution in [0.15, 0.2) is 28.7 Å². The molecule has 2 rings (SSSR count). The van der Waals surface area contributed by atoms with Crippen molar-refractivity contribution in [1.29, 1.82) is 0 Å². The van der Waals surface area contributed by atoms with E-state index in [9.17, 15) is 14.7 Å². The monoisotopic (exact) mass is 341 g/mol. The first-order valence-corrected chi connectivity index (χ1v) is 7.25. The zero-order valence-electron chi connectivity index (χ0n) is 10.8. The van der Waals surface area contributed by atoms with Gasteiger partial charge < -0.3 is 15.2 Å². The van der Waals surface area contributed by atoms with Gasteiger partial charge in [-0.15, -0.1) is 0 Å². The molecule has 20 heavy (non-hydrogen) atoms. The van der Waals surface area contributed by atoms with Crippen LogP contribution in [0.4, 0.5) is 0 Å². The topological polar surface area (TPSA) is 75.6 Å². The molecule has 1 aliphatic rings. The van der Waals surface area contributed by atoms with E-state index >= 15 is 0 Å². The minimum atomic E-state index is -1.05. The highest BCUT2D eigenvalue weighted by molar-refractivity contribution is 9.10. The minimum Gasteiger partial charge on any atom is -0.480 e. The molecule has 0 bridgehead atoms. The van der Waals surface area contributed by atoms with E-state index in [1.165, 1.54) is 0 Å². The summed E-state index contributed by atoms with van der Waals surface area (Å²) in [6.07, 6.45) is 1.21. The Bertz CT molecular complexity index is 500. The van der Waals surface area contributed by atoms with Crippen LogP contribution >= 0.6 is 15.9 Å². The molecule has 1 amide bonds. The molecule has 0 unspecified atom stereocenters. The largest absolute Gasteiger partial charge is 0.480 e. The quantitative estimate of drug-likeness (QED) is 0.855. The molecule has 2 N–H and O–H groups in total. The van der Waals surface area contributed by atoms with Crippen LogP contribution in [-0.2, 0) is 20.7 Å². The fourth-order valence-corrected chi connectivity index (χ4v) is 2.60. The fraction of sp³-hybridized carbons (Fsp3) is 0.429. The lowest BCUT2D eigenvalue weighted by Crippen LogP contribution is -2.46. The first-order valence-electron chi connectivity index (χ1n) is 6.45. The normalized spacial score (nSPS) is 19.6. The summed E-state index contributed by atoms with van der Waals surface area (Å²) >= 11 is 3.34. The summed E-state index contributed by atoms with van der Waals surface area (Å²) in [5, 5.41) is 11.8. The molecule has 5 nitrogen and oxygen atoms in total. The van der Waals surface area contributed by atoms with Crippen molar-refractivity contribution >= 4 is 27.8 Å². The van der Waals surface area contributed by atoms with Crippen LogP contribution in [0.3, 0.4) is 0 Å². The number of benzene rings is 1. The summed E-state index contributed by atoms with van der Waals surface area (Å²) in [5.74, 6) is -1.39. The number of carboxylic acid groups (broad SMARTS) is 1. The second-order valence-corrected chi connectivity index (χ2v) is 5.65. The van der Waals surface area contributed by atoms with Crippen LogP contribution in [0, 0.1) is 0 Å². The summed E-state index contributed by atoms with van der Waals surface area (Å²) in [4.78, 5) is 23.2. The summed E-state index contributed by atoms with van der Waals surface area (Å²) in [6, 6.07) is 6.43. The van der Waals surface area contributed by atoms with Crippen molar-refractivity contribution in [3.63, 3.8) is 0 Å². The van der Waals surface area contributed by atoms with Gasteiger partial charge in [-0.25, -0.2) is 4.79 Å². The van der Waals surface area contributed by atoms with E-state index in [4.69, 9.17) is 4.74 Å². The Kier molecular flexibility index (Phi) is 5.14. The Labute approximate surface area is 125 Å². The third kappa shape index (κ3) is 4.05. The van der Waals surface area contributed by atoms with E-state index in [-0.39, 0.29) is 12.3 Å². The molecule has 0 saturated carbocycles. The molecule has 1 fully saturated rings. The van der Waals surface area contributed by atoms with Crippen molar-refractivity contribution in [2.24, 2.45) is 0 Å². The zero-order valence-corrected chi connectivity index (χ0v) is 12.4. The lowest BCUT2D eigenvalue weighted by molar-refractivity contribution is -0.143. The van der Waals surface area contributed by atoms with Gasteiger partial charge in [0.05, 0.1) is 0 Å². The lowest BCUT2D eigenvalue weighted by Gasteiger charge is -2.17. The molecule has 0 spiro atoms. The van der Waals surface area contributed by atoms with Gasteiger partial charge in [-0.2, -0.15) is 0 Å². The molecule has 108 valence electrons. The Morgan fingerprint density at radius 3 is 2.90 bits per heavy atom. The van der Waals surface area contributed by atoms with Crippen molar-refractivity contribution in [2.75, 3.05) is 6.61 Å². The maximum Gasteiger partial charge on any atom is 0.326 e. The summed E-state index contributed by atoms with van der Waals surface area (Å²) in [6.45, 7) is 0.557. The predicted molar refractivity (Wildman–Crippen MR) is 76.4 cm³/mol. The Morgan fingerprint density at radius 1 is 1.50 bits per heavy atom. The Hall–Kier alpha value is -1.40. The number of ether oxygens (including phenoxy) is 1. The maximum absolute atomic E-state index is 11.9. The number of carboxylic acids is 1. The van der Waals surface area contributed by atoms with Crippen molar-refractivity contribution in [1.82, 2.24) is 5.32 Å². The molecular formula is C14H16BrNO4. The second-order valence-electron chi connectivity index (χ2n) is 4.74. The Balaban J connectivity index is 2.00. The maximum atomic E-state index is 11.9. The third-order valence-electron chi connectivity index (χ3n) is 3.17. The number of aliphatic carboxylic acids is 1. The first kappa shape index (κ1) is 15.0. The number of amides is 1. The van der Waals surface area contributed by atoms with Crippen LogP contribution < -0.4 is 5.32 Å². The zero-order chi connectivity index (χ0) is 14.5. The van der Waals surface area contributed by atoms with E-state index < -0.39 is 18.1 Å². The van der Waals surface area contributed by atoms with Gasteiger partial charge in [-0.05, 0) is 30.5 Å². The fourth-order valence-electron chi connectivity index (χ4n) is 2.15. The molecule has 6 heteroatoms.